The summed E-state index contributed by atoms with van der Waals surface area (Å²) in [5.74, 6) is 1.46. The van der Waals surface area contributed by atoms with E-state index in [1.54, 1.807) is 38.6 Å². The minimum atomic E-state index is -0.122. The Balaban J connectivity index is 1.67. The number of carbonyl (C=O) groups is 1. The van der Waals surface area contributed by atoms with Gasteiger partial charge in [-0.3, -0.25) is 4.79 Å². The molecule has 6 nitrogen and oxygen atoms in total. The molecule has 7 heteroatoms. The number of hydrogen-bond acceptors (Lipinski definition) is 5. The average molecular weight is 398 g/mol. The number of hydrogen-bond donors (Lipinski definition) is 2. The number of aromatic nitrogens is 1. The fourth-order valence-electron chi connectivity index (χ4n) is 2.62. The van der Waals surface area contributed by atoms with Crippen LogP contribution in [-0.2, 0) is 11.2 Å². The van der Waals surface area contributed by atoms with Crippen molar-refractivity contribution in [1.82, 2.24) is 4.98 Å². The largest absolute Gasteiger partial charge is 0.495 e. The highest BCUT2D eigenvalue weighted by Crippen LogP contribution is 2.37. The first-order valence-corrected chi connectivity index (χ1v) is 8.95. The topological polar surface area (TPSA) is 72.5 Å². The lowest BCUT2D eigenvalue weighted by atomic mass is 10.1. The lowest BCUT2D eigenvalue weighted by Gasteiger charge is -2.14. The van der Waals surface area contributed by atoms with Gasteiger partial charge in [0.2, 0.25) is 5.91 Å². The molecule has 1 aromatic heterocycles. The Hall–Kier alpha value is -3.25. The number of rotatable bonds is 7. The first-order valence-electron chi connectivity index (χ1n) is 8.57. The maximum absolute atomic E-state index is 12.1. The number of pyridine rings is 1. The number of halogens is 1. The fourth-order valence-corrected chi connectivity index (χ4v) is 2.85. The van der Waals surface area contributed by atoms with Gasteiger partial charge in [0.1, 0.15) is 17.3 Å². The van der Waals surface area contributed by atoms with Crippen LogP contribution in [0, 0.1) is 0 Å². The van der Waals surface area contributed by atoms with Crippen LogP contribution in [0.1, 0.15) is 5.56 Å². The molecular formula is C21H20ClN3O3. The van der Waals surface area contributed by atoms with Crippen LogP contribution >= 0.6 is 11.6 Å². The molecule has 28 heavy (non-hydrogen) atoms. The van der Waals surface area contributed by atoms with Crippen LogP contribution in [-0.4, -0.2) is 25.1 Å². The Morgan fingerprint density at radius 1 is 1.04 bits per heavy atom. The molecule has 0 saturated carbocycles. The summed E-state index contributed by atoms with van der Waals surface area (Å²) in [7, 11) is 3.11. The fraction of sp³-hybridized carbons (Fsp3) is 0.143. The minimum Gasteiger partial charge on any atom is -0.495 e. The molecule has 3 aromatic rings. The number of methoxy groups -OCH3 is 2. The van der Waals surface area contributed by atoms with Gasteiger partial charge >= 0.3 is 0 Å². The van der Waals surface area contributed by atoms with E-state index >= 15 is 0 Å². The van der Waals surface area contributed by atoms with Gasteiger partial charge in [-0.15, -0.1) is 0 Å². The lowest BCUT2D eigenvalue weighted by molar-refractivity contribution is -0.115. The predicted molar refractivity (Wildman–Crippen MR) is 111 cm³/mol. The van der Waals surface area contributed by atoms with Crippen LogP contribution in [0.3, 0.4) is 0 Å². The Morgan fingerprint density at radius 2 is 1.79 bits per heavy atom. The van der Waals surface area contributed by atoms with Gasteiger partial charge in [-0.25, -0.2) is 4.98 Å². The molecule has 0 spiro atoms. The Labute approximate surface area is 168 Å². The molecule has 0 radical (unpaired) electrons. The zero-order valence-electron chi connectivity index (χ0n) is 15.5. The first-order chi connectivity index (χ1) is 13.6. The SMILES string of the molecule is COc1cc(Nc2ccc(NC(=O)Cc3ccccc3)nc2)c(OC)cc1Cl. The quantitative estimate of drug-likeness (QED) is 0.605. The summed E-state index contributed by atoms with van der Waals surface area (Å²) >= 11 is 6.13. The third-order valence-electron chi connectivity index (χ3n) is 3.99. The molecule has 1 amide bonds. The van der Waals surface area contributed by atoms with Gasteiger partial charge in [0.05, 0.1) is 43.2 Å². The maximum Gasteiger partial charge on any atom is 0.229 e. The van der Waals surface area contributed by atoms with Crippen LogP contribution < -0.4 is 20.1 Å². The number of nitrogens with zero attached hydrogens (tertiary/aromatic N) is 1. The van der Waals surface area contributed by atoms with Gasteiger partial charge < -0.3 is 20.1 Å². The molecule has 0 saturated heterocycles. The third kappa shape index (κ3) is 4.92. The number of carbonyl (C=O) groups excluding carboxylic acids is 1. The van der Waals surface area contributed by atoms with E-state index in [4.69, 9.17) is 21.1 Å². The summed E-state index contributed by atoms with van der Waals surface area (Å²) in [5, 5.41) is 6.45. The zero-order chi connectivity index (χ0) is 19.9. The van der Waals surface area contributed by atoms with Crippen molar-refractivity contribution in [2.75, 3.05) is 24.9 Å². The molecule has 0 fully saturated rings. The standard InChI is InChI=1S/C21H20ClN3O3/c1-27-18-12-17(19(28-2)11-16(18)22)24-15-8-9-20(23-13-15)25-21(26)10-14-6-4-3-5-7-14/h3-9,11-13,24H,10H2,1-2H3,(H,23,25,26). The lowest BCUT2D eigenvalue weighted by Crippen LogP contribution is -2.15. The van der Waals surface area contributed by atoms with Gasteiger partial charge in [0.25, 0.3) is 0 Å². The molecule has 2 N–H and O–H groups in total. The molecule has 0 aliphatic carbocycles. The second-order valence-corrected chi connectivity index (χ2v) is 6.36. The normalized spacial score (nSPS) is 10.2. The number of anilines is 3. The Kier molecular flexibility index (Phi) is 6.34. The highest BCUT2D eigenvalue weighted by Gasteiger charge is 2.11. The molecule has 0 unspecified atom stereocenters. The molecule has 1 heterocycles. The minimum absolute atomic E-state index is 0.122. The first kappa shape index (κ1) is 19.5. The summed E-state index contributed by atoms with van der Waals surface area (Å²) in [4.78, 5) is 16.4. The van der Waals surface area contributed by atoms with Gasteiger partial charge in [-0.2, -0.15) is 0 Å². The van der Waals surface area contributed by atoms with E-state index in [-0.39, 0.29) is 5.91 Å². The summed E-state index contributed by atoms with van der Waals surface area (Å²) in [6.45, 7) is 0. The predicted octanol–water partition coefficient (Wildman–Crippen LogP) is 4.68. The molecule has 144 valence electrons. The Morgan fingerprint density at radius 3 is 2.43 bits per heavy atom. The van der Waals surface area contributed by atoms with E-state index in [0.29, 0.717) is 34.4 Å². The van der Waals surface area contributed by atoms with Crippen LogP contribution in [0.4, 0.5) is 17.2 Å². The van der Waals surface area contributed by atoms with Crippen molar-refractivity contribution in [3.63, 3.8) is 0 Å². The van der Waals surface area contributed by atoms with E-state index in [2.05, 4.69) is 15.6 Å². The summed E-state index contributed by atoms with van der Waals surface area (Å²) in [5.41, 5.74) is 2.36. The average Bonchev–Trinajstić information content (AvgIpc) is 2.71. The monoisotopic (exact) mass is 397 g/mol. The Bertz CT molecular complexity index is 947. The smallest absolute Gasteiger partial charge is 0.229 e. The van der Waals surface area contributed by atoms with E-state index in [1.165, 1.54) is 0 Å². The van der Waals surface area contributed by atoms with Crippen LogP contribution in [0.25, 0.3) is 0 Å². The van der Waals surface area contributed by atoms with E-state index < -0.39 is 0 Å². The molecule has 2 aromatic carbocycles. The van der Waals surface area contributed by atoms with Crippen molar-refractivity contribution in [3.05, 3.63) is 71.4 Å². The number of benzene rings is 2. The highest BCUT2D eigenvalue weighted by atomic mass is 35.5. The molecule has 0 atom stereocenters. The van der Waals surface area contributed by atoms with Crippen molar-refractivity contribution in [2.24, 2.45) is 0 Å². The molecular weight excluding hydrogens is 378 g/mol. The van der Waals surface area contributed by atoms with Crippen LogP contribution in [0.2, 0.25) is 5.02 Å². The van der Waals surface area contributed by atoms with Gasteiger partial charge in [-0.1, -0.05) is 41.9 Å². The van der Waals surface area contributed by atoms with E-state index in [9.17, 15) is 4.79 Å². The maximum atomic E-state index is 12.1. The number of nitrogens with one attached hydrogen (secondary N) is 2. The van der Waals surface area contributed by atoms with Gasteiger partial charge in [0, 0.05) is 12.1 Å². The molecule has 3 rings (SSSR count). The summed E-state index contributed by atoms with van der Waals surface area (Å²) in [6.07, 6.45) is 1.92. The molecule has 0 aliphatic heterocycles. The number of amides is 1. The molecule has 0 aliphatic rings. The van der Waals surface area contributed by atoms with Gasteiger partial charge in [0.15, 0.2) is 0 Å². The van der Waals surface area contributed by atoms with Crippen LogP contribution in [0.15, 0.2) is 60.8 Å². The second kappa shape index (κ2) is 9.10. The van der Waals surface area contributed by atoms with Crippen molar-refractivity contribution in [3.8, 4) is 11.5 Å². The van der Waals surface area contributed by atoms with Gasteiger partial charge in [-0.05, 0) is 17.7 Å². The van der Waals surface area contributed by atoms with Crippen molar-refractivity contribution in [2.45, 2.75) is 6.42 Å². The van der Waals surface area contributed by atoms with Crippen molar-refractivity contribution < 1.29 is 14.3 Å². The number of ether oxygens (including phenoxy) is 2. The van der Waals surface area contributed by atoms with E-state index in [1.807, 2.05) is 36.4 Å². The van der Waals surface area contributed by atoms with E-state index in [0.717, 1.165) is 11.3 Å². The summed E-state index contributed by atoms with van der Waals surface area (Å²) < 4.78 is 10.6. The van der Waals surface area contributed by atoms with Crippen molar-refractivity contribution in [1.29, 1.82) is 0 Å². The van der Waals surface area contributed by atoms with Crippen LogP contribution in [0.5, 0.6) is 11.5 Å². The molecule has 0 bridgehead atoms. The third-order valence-corrected chi connectivity index (χ3v) is 4.29. The highest BCUT2D eigenvalue weighted by molar-refractivity contribution is 6.32. The summed E-state index contributed by atoms with van der Waals surface area (Å²) in [6, 6.07) is 16.5. The zero-order valence-corrected chi connectivity index (χ0v) is 16.3. The van der Waals surface area contributed by atoms with Crippen molar-refractivity contribution >= 4 is 34.7 Å². The second-order valence-electron chi connectivity index (χ2n) is 5.95.